The molecule has 2 aliphatic heterocycles. The molecule has 4 nitrogen and oxygen atoms in total. The monoisotopic (exact) mass is 251 g/mol. The van der Waals surface area contributed by atoms with Crippen molar-refractivity contribution < 1.29 is 4.79 Å². The normalized spacial score (nSPS) is 32.9. The van der Waals surface area contributed by atoms with Gasteiger partial charge < -0.3 is 16.8 Å². The van der Waals surface area contributed by atoms with Crippen molar-refractivity contribution in [1.82, 2.24) is 16.8 Å². The third-order valence-electron chi connectivity index (χ3n) is 2.81. The molecule has 2 heterocycles. The zero-order valence-corrected chi connectivity index (χ0v) is 10.2. The molecule has 2 saturated heterocycles. The maximum Gasteiger partial charge on any atom is 0.315 e. The minimum Gasteiger partial charge on any atom is -0.344 e. The van der Waals surface area contributed by atoms with Gasteiger partial charge in [0.15, 0.2) is 0 Å². The first-order chi connectivity index (χ1) is 6.81. The number of hydrogen-bond donors (Lipinski definition) is 3. The van der Waals surface area contributed by atoms with E-state index in [2.05, 4.69) is 10.6 Å². The summed E-state index contributed by atoms with van der Waals surface area (Å²) in [6.07, 6.45) is 3.41. The Balaban J connectivity index is 0.00000112. The minimum atomic E-state index is 0. The van der Waals surface area contributed by atoms with E-state index in [-0.39, 0.29) is 12.2 Å². The molecule has 2 fully saturated rings. The number of carbonyl (C=O) groups excluding carboxylic acids is 1. The minimum absolute atomic E-state index is 0. The summed E-state index contributed by atoms with van der Waals surface area (Å²) in [5.41, 5.74) is 0. The van der Waals surface area contributed by atoms with E-state index >= 15 is 0 Å². The standard InChI is InChI=1S/C9H15ClN2OS.H3N/c10-4-2-1-3-7-8-6(5-14-7)11-9(13)12-8;/h6-8H,1-5H2,(H2,11,12,13);1H3/t6-,7?,8-;/m0./s1. The van der Waals surface area contributed by atoms with Crippen molar-refractivity contribution in [3.63, 3.8) is 0 Å². The van der Waals surface area contributed by atoms with Crippen molar-refractivity contribution in [3.8, 4) is 0 Å². The molecular formula is C9H18ClN3OS. The lowest BCUT2D eigenvalue weighted by Gasteiger charge is -2.15. The lowest BCUT2D eigenvalue weighted by atomic mass is 10.0. The zero-order valence-electron chi connectivity index (χ0n) is 8.67. The molecular weight excluding hydrogens is 234 g/mol. The number of fused-ring (bicyclic) bond motifs is 1. The van der Waals surface area contributed by atoms with Gasteiger partial charge in [0.25, 0.3) is 0 Å². The molecule has 88 valence electrons. The number of rotatable bonds is 4. The molecule has 6 heteroatoms. The Kier molecular flexibility index (Phi) is 5.02. The lowest BCUT2D eigenvalue weighted by molar-refractivity contribution is 0.247. The summed E-state index contributed by atoms with van der Waals surface area (Å²) in [5, 5.41) is 6.51. The van der Waals surface area contributed by atoms with Crippen LogP contribution in [0.4, 0.5) is 4.79 Å². The second kappa shape index (κ2) is 5.82. The van der Waals surface area contributed by atoms with Crippen molar-refractivity contribution in [3.05, 3.63) is 0 Å². The predicted molar refractivity (Wildman–Crippen MR) is 65.1 cm³/mol. The summed E-state index contributed by atoms with van der Waals surface area (Å²) < 4.78 is 0. The molecule has 0 saturated carbocycles. The van der Waals surface area contributed by atoms with Gasteiger partial charge in [-0.25, -0.2) is 4.79 Å². The molecule has 2 aliphatic rings. The molecule has 0 aromatic rings. The Hall–Kier alpha value is -0.130. The van der Waals surface area contributed by atoms with Gasteiger partial charge in [-0.15, -0.1) is 11.6 Å². The number of nitrogens with one attached hydrogen (secondary N) is 2. The Morgan fingerprint density at radius 1 is 1.40 bits per heavy atom. The Morgan fingerprint density at radius 2 is 2.20 bits per heavy atom. The Morgan fingerprint density at radius 3 is 2.93 bits per heavy atom. The highest BCUT2D eigenvalue weighted by molar-refractivity contribution is 8.00. The second-order valence-corrected chi connectivity index (χ2v) is 5.46. The van der Waals surface area contributed by atoms with Crippen LogP contribution in [0.3, 0.4) is 0 Å². The molecule has 3 atom stereocenters. The number of unbranched alkanes of at least 4 members (excludes halogenated alkanes) is 1. The molecule has 0 bridgehead atoms. The summed E-state index contributed by atoms with van der Waals surface area (Å²) in [7, 11) is 0. The van der Waals surface area contributed by atoms with E-state index in [1.54, 1.807) is 0 Å². The fraction of sp³-hybridized carbons (Fsp3) is 0.889. The van der Waals surface area contributed by atoms with Gasteiger partial charge >= 0.3 is 6.03 Å². The van der Waals surface area contributed by atoms with Crippen LogP contribution in [-0.2, 0) is 0 Å². The van der Waals surface area contributed by atoms with Crippen molar-refractivity contribution in [1.29, 1.82) is 0 Å². The van der Waals surface area contributed by atoms with E-state index in [4.69, 9.17) is 11.6 Å². The third kappa shape index (κ3) is 2.92. The Bertz CT molecular complexity index is 229. The zero-order chi connectivity index (χ0) is 9.97. The van der Waals surface area contributed by atoms with E-state index in [1.165, 1.54) is 12.8 Å². The van der Waals surface area contributed by atoms with Crippen LogP contribution in [0.2, 0.25) is 0 Å². The fourth-order valence-electron chi connectivity index (χ4n) is 2.08. The predicted octanol–water partition coefficient (Wildman–Crippen LogP) is 1.72. The summed E-state index contributed by atoms with van der Waals surface area (Å²) in [6, 6.07) is 0.707. The second-order valence-electron chi connectivity index (χ2n) is 3.81. The van der Waals surface area contributed by atoms with Crippen molar-refractivity contribution in [2.45, 2.75) is 36.6 Å². The van der Waals surface area contributed by atoms with Gasteiger partial charge in [0, 0.05) is 16.9 Å². The average Bonchev–Trinajstić information content (AvgIpc) is 2.66. The van der Waals surface area contributed by atoms with Crippen molar-refractivity contribution in [2.24, 2.45) is 0 Å². The number of urea groups is 1. The molecule has 0 aromatic carbocycles. The van der Waals surface area contributed by atoms with Gasteiger partial charge in [-0.2, -0.15) is 11.8 Å². The van der Waals surface area contributed by atoms with Crippen molar-refractivity contribution in [2.75, 3.05) is 11.6 Å². The lowest BCUT2D eigenvalue weighted by Crippen LogP contribution is -2.36. The highest BCUT2D eigenvalue weighted by atomic mass is 35.5. The first kappa shape index (κ1) is 12.9. The number of thioether (sulfide) groups is 1. The summed E-state index contributed by atoms with van der Waals surface area (Å²) in [6.45, 7) is 0. The first-order valence-electron chi connectivity index (χ1n) is 5.06. The van der Waals surface area contributed by atoms with Gasteiger partial charge in [0.05, 0.1) is 12.1 Å². The maximum absolute atomic E-state index is 11.1. The topological polar surface area (TPSA) is 76.1 Å². The maximum atomic E-state index is 11.1. The van der Waals surface area contributed by atoms with Gasteiger partial charge in [0.1, 0.15) is 0 Å². The summed E-state index contributed by atoms with van der Waals surface area (Å²) >= 11 is 7.60. The average molecular weight is 252 g/mol. The summed E-state index contributed by atoms with van der Waals surface area (Å²) in [5.74, 6) is 1.80. The molecule has 0 radical (unpaired) electrons. The van der Waals surface area contributed by atoms with E-state index in [9.17, 15) is 4.79 Å². The molecule has 0 aliphatic carbocycles. The van der Waals surface area contributed by atoms with E-state index in [0.29, 0.717) is 17.3 Å². The largest absolute Gasteiger partial charge is 0.344 e. The number of halogens is 1. The molecule has 5 N–H and O–H groups in total. The van der Waals surface area contributed by atoms with Crippen LogP contribution in [0, 0.1) is 0 Å². The molecule has 1 unspecified atom stereocenters. The van der Waals surface area contributed by atoms with Crippen LogP contribution in [0.5, 0.6) is 0 Å². The van der Waals surface area contributed by atoms with E-state index in [1.807, 2.05) is 11.8 Å². The van der Waals surface area contributed by atoms with Gasteiger partial charge in [-0.1, -0.05) is 6.42 Å². The Labute approximate surface area is 99.5 Å². The molecule has 0 spiro atoms. The fourth-order valence-corrected chi connectivity index (χ4v) is 3.82. The number of amides is 2. The third-order valence-corrected chi connectivity index (χ3v) is 4.59. The molecule has 2 amide bonds. The highest BCUT2D eigenvalue weighted by Crippen LogP contribution is 2.32. The molecule has 0 aromatic heterocycles. The SMILES string of the molecule is N.O=C1N[C@H]2CSC(CCCCCl)[C@H]2N1. The number of carbonyl (C=O) groups is 1. The van der Waals surface area contributed by atoms with E-state index < -0.39 is 0 Å². The number of hydrogen-bond acceptors (Lipinski definition) is 3. The first-order valence-corrected chi connectivity index (χ1v) is 6.64. The van der Waals surface area contributed by atoms with E-state index in [0.717, 1.165) is 18.1 Å². The van der Waals surface area contributed by atoms with Crippen LogP contribution in [0.15, 0.2) is 0 Å². The van der Waals surface area contributed by atoms with Gasteiger partial charge in [-0.05, 0) is 12.8 Å². The van der Waals surface area contributed by atoms with Crippen LogP contribution in [0.1, 0.15) is 19.3 Å². The van der Waals surface area contributed by atoms with Crippen LogP contribution in [-0.4, -0.2) is 35.0 Å². The van der Waals surface area contributed by atoms with Gasteiger partial charge in [0.2, 0.25) is 0 Å². The highest BCUT2D eigenvalue weighted by Gasteiger charge is 2.42. The van der Waals surface area contributed by atoms with Crippen LogP contribution < -0.4 is 16.8 Å². The smallest absolute Gasteiger partial charge is 0.315 e. The van der Waals surface area contributed by atoms with Crippen LogP contribution in [0.25, 0.3) is 0 Å². The molecule has 2 rings (SSSR count). The van der Waals surface area contributed by atoms with Gasteiger partial charge in [-0.3, -0.25) is 0 Å². The summed E-state index contributed by atoms with van der Waals surface area (Å²) in [4.78, 5) is 11.1. The number of alkyl halides is 1. The van der Waals surface area contributed by atoms with Crippen molar-refractivity contribution >= 4 is 29.4 Å². The molecule has 15 heavy (non-hydrogen) atoms. The quantitative estimate of drug-likeness (QED) is 0.405. The van der Waals surface area contributed by atoms with Crippen LogP contribution >= 0.6 is 23.4 Å².